The first-order chi connectivity index (χ1) is 10.3. The second kappa shape index (κ2) is 5.24. The van der Waals surface area contributed by atoms with E-state index in [1.807, 2.05) is 0 Å². The molecule has 0 N–H and O–H groups in total. The van der Waals surface area contributed by atoms with Gasteiger partial charge in [-0.05, 0) is 40.0 Å². The molecule has 0 amide bonds. The Bertz CT molecular complexity index is 857. The zero-order chi connectivity index (χ0) is 16.1. The molecule has 0 saturated heterocycles. The van der Waals surface area contributed by atoms with Gasteiger partial charge in [0.05, 0.1) is 5.52 Å². The second-order valence-electron chi connectivity index (χ2n) is 7.34. The smallest absolute Gasteiger partial charge is 0.137 e. The summed E-state index contributed by atoms with van der Waals surface area (Å²) in [5.74, 6) is 0.497. The van der Waals surface area contributed by atoms with Crippen molar-refractivity contribution in [2.75, 3.05) is 0 Å². The van der Waals surface area contributed by atoms with Gasteiger partial charge in [-0.2, -0.15) is 0 Å². The van der Waals surface area contributed by atoms with Crippen LogP contribution < -0.4 is 0 Å². The summed E-state index contributed by atoms with van der Waals surface area (Å²) in [5, 5.41) is 4.01. The summed E-state index contributed by atoms with van der Waals surface area (Å²) in [7, 11) is 0. The Kier molecular flexibility index (Phi) is 3.65. The summed E-state index contributed by atoms with van der Waals surface area (Å²) in [6.07, 6.45) is 0. The molecule has 0 saturated carbocycles. The van der Waals surface area contributed by atoms with Gasteiger partial charge in [0.15, 0.2) is 0 Å². The first-order valence-electron chi connectivity index (χ1n) is 7.81. The molecule has 22 heavy (non-hydrogen) atoms. The first-order valence-corrected chi connectivity index (χ1v) is 8.18. The van der Waals surface area contributed by atoms with Gasteiger partial charge in [-0.25, -0.2) is 4.98 Å². The van der Waals surface area contributed by atoms with Gasteiger partial charge in [-0.1, -0.05) is 70.5 Å². The van der Waals surface area contributed by atoms with Crippen LogP contribution >= 0.6 is 11.6 Å². The van der Waals surface area contributed by atoms with Gasteiger partial charge in [-0.3, -0.25) is 0 Å². The number of nitrogens with zero attached hydrogens (tertiary/aromatic N) is 1. The molecule has 0 spiro atoms. The number of benzene rings is 2. The highest BCUT2D eigenvalue weighted by Gasteiger charge is 2.16. The summed E-state index contributed by atoms with van der Waals surface area (Å²) in [6, 6.07) is 13.0. The van der Waals surface area contributed by atoms with Crippen LogP contribution in [-0.2, 0) is 5.41 Å². The monoisotopic (exact) mass is 311 g/mol. The lowest BCUT2D eigenvalue weighted by molar-refractivity contribution is 0.591. The van der Waals surface area contributed by atoms with Gasteiger partial charge in [0.2, 0.25) is 0 Å². The molecule has 0 unspecified atom stereocenters. The van der Waals surface area contributed by atoms with Gasteiger partial charge in [0, 0.05) is 10.8 Å². The molecule has 0 aliphatic heterocycles. The van der Waals surface area contributed by atoms with Crippen LogP contribution in [0.4, 0.5) is 0 Å². The third kappa shape index (κ3) is 2.59. The Morgan fingerprint density at radius 2 is 1.64 bits per heavy atom. The van der Waals surface area contributed by atoms with Crippen molar-refractivity contribution in [2.24, 2.45) is 0 Å². The molecule has 0 aliphatic carbocycles. The predicted molar refractivity (Wildman–Crippen MR) is 97.0 cm³/mol. The Morgan fingerprint density at radius 1 is 0.909 bits per heavy atom. The zero-order valence-corrected chi connectivity index (χ0v) is 14.6. The Labute approximate surface area is 137 Å². The van der Waals surface area contributed by atoms with Gasteiger partial charge in [-0.15, -0.1) is 0 Å². The van der Waals surface area contributed by atoms with Crippen LogP contribution in [-0.4, -0.2) is 4.98 Å². The molecule has 1 heterocycles. The number of rotatable bonds is 1. The molecule has 2 heteroatoms. The maximum atomic E-state index is 6.39. The van der Waals surface area contributed by atoms with E-state index in [1.54, 1.807) is 0 Å². The molecular weight excluding hydrogens is 290 g/mol. The lowest BCUT2D eigenvalue weighted by atomic mass is 9.85. The molecule has 0 fully saturated rings. The van der Waals surface area contributed by atoms with Crippen molar-refractivity contribution >= 4 is 33.3 Å². The van der Waals surface area contributed by atoms with Crippen molar-refractivity contribution in [3.63, 3.8) is 0 Å². The minimum Gasteiger partial charge on any atom is -0.235 e. The fraction of sp³-hybridized carbons (Fsp3) is 0.350. The average Bonchev–Trinajstić information content (AvgIpc) is 2.45. The molecule has 114 valence electrons. The van der Waals surface area contributed by atoms with Gasteiger partial charge < -0.3 is 0 Å². The van der Waals surface area contributed by atoms with E-state index in [0.29, 0.717) is 11.1 Å². The highest BCUT2D eigenvalue weighted by Crippen LogP contribution is 2.34. The quantitative estimate of drug-likeness (QED) is 0.371. The van der Waals surface area contributed by atoms with Crippen molar-refractivity contribution in [1.29, 1.82) is 0 Å². The highest BCUT2D eigenvalue weighted by molar-refractivity contribution is 6.35. The highest BCUT2D eigenvalue weighted by atomic mass is 35.5. The van der Waals surface area contributed by atoms with E-state index in [4.69, 9.17) is 11.6 Å². The summed E-state index contributed by atoms with van der Waals surface area (Å²) >= 11 is 6.39. The molecule has 1 aromatic heterocycles. The van der Waals surface area contributed by atoms with Crippen LogP contribution in [0.3, 0.4) is 0 Å². The van der Waals surface area contributed by atoms with Crippen molar-refractivity contribution < 1.29 is 0 Å². The maximum Gasteiger partial charge on any atom is 0.137 e. The van der Waals surface area contributed by atoms with E-state index < -0.39 is 0 Å². The number of hydrogen-bond donors (Lipinski definition) is 0. The number of aromatic nitrogens is 1. The molecule has 0 atom stereocenters. The largest absolute Gasteiger partial charge is 0.235 e. The lowest BCUT2D eigenvalue weighted by Gasteiger charge is -2.20. The van der Waals surface area contributed by atoms with Gasteiger partial charge >= 0.3 is 0 Å². The lowest BCUT2D eigenvalue weighted by Crippen LogP contribution is -2.10. The molecule has 0 radical (unpaired) electrons. The third-order valence-electron chi connectivity index (χ3n) is 4.30. The summed E-state index contributed by atoms with van der Waals surface area (Å²) in [4.78, 5) is 4.57. The fourth-order valence-corrected chi connectivity index (χ4v) is 3.06. The summed E-state index contributed by atoms with van der Waals surface area (Å²) < 4.78 is 0. The Hall–Kier alpha value is -1.60. The summed E-state index contributed by atoms with van der Waals surface area (Å²) in [6.45, 7) is 11.1. The number of fused-ring (bicyclic) bond motifs is 3. The van der Waals surface area contributed by atoms with E-state index in [9.17, 15) is 0 Å². The number of hydrogen-bond acceptors (Lipinski definition) is 1. The molecule has 3 rings (SSSR count). The molecule has 1 nitrogen and oxygen atoms in total. The number of halogens is 1. The van der Waals surface area contributed by atoms with E-state index in [2.05, 4.69) is 76.0 Å². The SMILES string of the molecule is CC(C)c1ccc2c(Cl)nc3ccc(C(C)(C)C)cc3c2c1. The second-order valence-corrected chi connectivity index (χ2v) is 7.70. The first kappa shape index (κ1) is 15.3. The zero-order valence-electron chi connectivity index (χ0n) is 13.9. The predicted octanol–water partition coefficient (Wildman–Crippen LogP) is 6.46. The van der Waals surface area contributed by atoms with Crippen LogP contribution in [0.15, 0.2) is 36.4 Å². The molecule has 0 bridgehead atoms. The average molecular weight is 312 g/mol. The number of pyridine rings is 1. The normalized spacial score (nSPS) is 12.5. The molecule has 0 aliphatic rings. The van der Waals surface area contributed by atoms with E-state index in [-0.39, 0.29) is 5.41 Å². The van der Waals surface area contributed by atoms with Crippen LogP contribution in [0.2, 0.25) is 5.15 Å². The van der Waals surface area contributed by atoms with Crippen molar-refractivity contribution in [3.05, 3.63) is 52.7 Å². The minimum absolute atomic E-state index is 0.121. The van der Waals surface area contributed by atoms with E-state index >= 15 is 0 Å². The van der Waals surface area contributed by atoms with E-state index in [0.717, 1.165) is 10.9 Å². The van der Waals surface area contributed by atoms with Crippen molar-refractivity contribution in [3.8, 4) is 0 Å². The van der Waals surface area contributed by atoms with Crippen LogP contribution in [0.5, 0.6) is 0 Å². The van der Waals surface area contributed by atoms with Crippen LogP contribution in [0.1, 0.15) is 51.7 Å². The Balaban J connectivity index is 2.41. The summed E-state index contributed by atoms with van der Waals surface area (Å²) in [5.41, 5.74) is 3.74. The van der Waals surface area contributed by atoms with Gasteiger partial charge in [0.25, 0.3) is 0 Å². The van der Waals surface area contributed by atoms with Gasteiger partial charge in [0.1, 0.15) is 5.15 Å². The van der Waals surface area contributed by atoms with Crippen molar-refractivity contribution in [1.82, 2.24) is 4.98 Å². The standard InChI is InChI=1S/C20H22ClN/c1-12(2)13-6-8-15-16(10-13)17-11-14(20(3,4)5)7-9-18(17)22-19(15)21/h6-12H,1-5H3. The Morgan fingerprint density at radius 3 is 2.27 bits per heavy atom. The molecule has 3 aromatic rings. The van der Waals surface area contributed by atoms with Crippen LogP contribution in [0.25, 0.3) is 21.7 Å². The third-order valence-corrected chi connectivity index (χ3v) is 4.59. The molecular formula is C20H22ClN. The van der Waals surface area contributed by atoms with E-state index in [1.165, 1.54) is 21.9 Å². The van der Waals surface area contributed by atoms with Crippen LogP contribution in [0, 0.1) is 0 Å². The topological polar surface area (TPSA) is 12.9 Å². The maximum absolute atomic E-state index is 6.39. The fourth-order valence-electron chi connectivity index (χ4n) is 2.81. The minimum atomic E-state index is 0.121. The van der Waals surface area contributed by atoms with Crippen molar-refractivity contribution in [2.45, 2.75) is 46.0 Å². The molecule has 2 aromatic carbocycles.